The van der Waals surface area contributed by atoms with Gasteiger partial charge < -0.3 is 10.1 Å². The van der Waals surface area contributed by atoms with Crippen LogP contribution in [0.2, 0.25) is 0 Å². The predicted octanol–water partition coefficient (Wildman–Crippen LogP) is 3.56. The van der Waals surface area contributed by atoms with Crippen molar-refractivity contribution in [3.8, 4) is 0 Å². The molecule has 1 aromatic rings. The molecule has 0 spiro atoms. The number of anilines is 1. The van der Waals surface area contributed by atoms with Gasteiger partial charge in [-0.3, -0.25) is 0 Å². The van der Waals surface area contributed by atoms with Crippen molar-refractivity contribution < 1.29 is 4.74 Å². The van der Waals surface area contributed by atoms with Crippen LogP contribution in [0.4, 0.5) is 5.82 Å². The van der Waals surface area contributed by atoms with Gasteiger partial charge in [-0.2, -0.15) is 0 Å². The van der Waals surface area contributed by atoms with Crippen LogP contribution in [0, 0.1) is 3.57 Å². The second kappa shape index (κ2) is 7.89. The smallest absolute Gasteiger partial charge is 0.159 e. The standard InChI is InChI=1S/C13H22IN3O/c1-5-8-15-13-11(14)10(6-2)16-12(17-13)9(4)18-7-3/h9H,5-8H2,1-4H3,(H,15,16,17). The minimum absolute atomic E-state index is 0.0560. The van der Waals surface area contributed by atoms with E-state index >= 15 is 0 Å². The molecule has 1 rings (SSSR count). The lowest BCUT2D eigenvalue weighted by Gasteiger charge is -2.15. The molecule has 1 aromatic heterocycles. The molecule has 1 heterocycles. The Labute approximate surface area is 123 Å². The van der Waals surface area contributed by atoms with Gasteiger partial charge in [0, 0.05) is 13.2 Å². The zero-order valence-electron chi connectivity index (χ0n) is 11.6. The van der Waals surface area contributed by atoms with E-state index in [0.717, 1.165) is 40.3 Å². The summed E-state index contributed by atoms with van der Waals surface area (Å²) in [5, 5.41) is 3.36. The van der Waals surface area contributed by atoms with Crippen molar-refractivity contribution in [1.82, 2.24) is 9.97 Å². The minimum atomic E-state index is -0.0560. The molecule has 4 nitrogen and oxygen atoms in total. The first-order valence-electron chi connectivity index (χ1n) is 6.55. The van der Waals surface area contributed by atoms with Gasteiger partial charge in [0.1, 0.15) is 11.9 Å². The molecule has 0 saturated carbocycles. The Hall–Kier alpha value is -0.430. The third kappa shape index (κ3) is 4.05. The topological polar surface area (TPSA) is 47.0 Å². The van der Waals surface area contributed by atoms with Crippen molar-refractivity contribution in [2.75, 3.05) is 18.5 Å². The van der Waals surface area contributed by atoms with Crippen LogP contribution >= 0.6 is 22.6 Å². The summed E-state index contributed by atoms with van der Waals surface area (Å²) in [7, 11) is 0. The van der Waals surface area contributed by atoms with E-state index in [1.165, 1.54) is 0 Å². The number of rotatable bonds is 7. The number of nitrogens with zero attached hydrogens (tertiary/aromatic N) is 2. The molecule has 0 aliphatic heterocycles. The molecule has 0 amide bonds. The molecule has 0 aliphatic rings. The van der Waals surface area contributed by atoms with Gasteiger partial charge in [-0.25, -0.2) is 9.97 Å². The fourth-order valence-electron chi connectivity index (χ4n) is 1.61. The minimum Gasteiger partial charge on any atom is -0.371 e. The van der Waals surface area contributed by atoms with Gasteiger partial charge in [0.15, 0.2) is 5.82 Å². The van der Waals surface area contributed by atoms with E-state index in [4.69, 9.17) is 4.74 Å². The summed E-state index contributed by atoms with van der Waals surface area (Å²) in [4.78, 5) is 9.18. The Balaban J connectivity index is 3.04. The number of ether oxygens (including phenoxy) is 1. The van der Waals surface area contributed by atoms with E-state index in [9.17, 15) is 0 Å². The van der Waals surface area contributed by atoms with Crippen LogP contribution in [0.15, 0.2) is 0 Å². The van der Waals surface area contributed by atoms with Crippen LogP contribution in [0.25, 0.3) is 0 Å². The number of aryl methyl sites for hydroxylation is 1. The first kappa shape index (κ1) is 15.6. The van der Waals surface area contributed by atoms with Gasteiger partial charge in [-0.15, -0.1) is 0 Å². The molecule has 1 atom stereocenters. The summed E-state index contributed by atoms with van der Waals surface area (Å²) >= 11 is 2.31. The van der Waals surface area contributed by atoms with Crippen LogP contribution in [0.3, 0.4) is 0 Å². The van der Waals surface area contributed by atoms with Crippen LogP contribution in [-0.4, -0.2) is 23.1 Å². The lowest BCUT2D eigenvalue weighted by molar-refractivity contribution is 0.0699. The predicted molar refractivity (Wildman–Crippen MR) is 82.9 cm³/mol. The van der Waals surface area contributed by atoms with E-state index in [2.05, 4.69) is 51.7 Å². The Bertz CT molecular complexity index is 385. The second-order valence-corrected chi connectivity index (χ2v) is 5.15. The average molecular weight is 363 g/mol. The van der Waals surface area contributed by atoms with Crippen molar-refractivity contribution >= 4 is 28.4 Å². The monoisotopic (exact) mass is 363 g/mol. The van der Waals surface area contributed by atoms with Gasteiger partial charge in [-0.05, 0) is 49.3 Å². The van der Waals surface area contributed by atoms with E-state index in [1.807, 2.05) is 13.8 Å². The molecule has 0 radical (unpaired) electrons. The van der Waals surface area contributed by atoms with Gasteiger partial charge in [0.05, 0.1) is 9.26 Å². The van der Waals surface area contributed by atoms with Crippen molar-refractivity contribution in [2.45, 2.75) is 46.6 Å². The molecule has 1 unspecified atom stereocenters. The van der Waals surface area contributed by atoms with Gasteiger partial charge in [-0.1, -0.05) is 13.8 Å². The molecule has 0 bridgehead atoms. The molecule has 0 aromatic carbocycles. The maximum Gasteiger partial charge on any atom is 0.159 e. The molecule has 18 heavy (non-hydrogen) atoms. The van der Waals surface area contributed by atoms with E-state index in [-0.39, 0.29) is 6.10 Å². The molecule has 5 heteroatoms. The quantitative estimate of drug-likeness (QED) is 0.753. The molecule has 102 valence electrons. The third-order valence-electron chi connectivity index (χ3n) is 2.59. The normalized spacial score (nSPS) is 12.5. The van der Waals surface area contributed by atoms with Gasteiger partial charge >= 0.3 is 0 Å². The molecular weight excluding hydrogens is 341 g/mol. The highest BCUT2D eigenvalue weighted by atomic mass is 127. The van der Waals surface area contributed by atoms with Crippen molar-refractivity contribution in [3.05, 3.63) is 15.1 Å². The number of hydrogen-bond acceptors (Lipinski definition) is 4. The number of halogens is 1. The third-order valence-corrected chi connectivity index (χ3v) is 3.73. The van der Waals surface area contributed by atoms with Crippen LogP contribution in [0.5, 0.6) is 0 Å². The summed E-state index contributed by atoms with van der Waals surface area (Å²) in [6.07, 6.45) is 1.94. The largest absolute Gasteiger partial charge is 0.371 e. The molecule has 1 N–H and O–H groups in total. The molecule has 0 aliphatic carbocycles. The summed E-state index contributed by atoms with van der Waals surface area (Å²) in [6.45, 7) is 9.85. The zero-order valence-corrected chi connectivity index (χ0v) is 13.7. The Morgan fingerprint density at radius 3 is 2.56 bits per heavy atom. The zero-order chi connectivity index (χ0) is 13.5. The number of hydrogen-bond donors (Lipinski definition) is 1. The van der Waals surface area contributed by atoms with Gasteiger partial charge in [0.25, 0.3) is 0 Å². The van der Waals surface area contributed by atoms with Crippen LogP contribution < -0.4 is 5.32 Å². The first-order chi connectivity index (χ1) is 8.63. The van der Waals surface area contributed by atoms with E-state index in [0.29, 0.717) is 6.61 Å². The summed E-state index contributed by atoms with van der Waals surface area (Å²) in [5.41, 5.74) is 1.09. The Morgan fingerprint density at radius 1 is 1.28 bits per heavy atom. The summed E-state index contributed by atoms with van der Waals surface area (Å²) in [6, 6.07) is 0. The van der Waals surface area contributed by atoms with Crippen LogP contribution in [0.1, 0.15) is 51.7 Å². The molecular formula is C13H22IN3O. The Kier molecular flexibility index (Phi) is 6.85. The van der Waals surface area contributed by atoms with Gasteiger partial charge in [0.2, 0.25) is 0 Å². The lowest BCUT2D eigenvalue weighted by Crippen LogP contribution is -2.13. The second-order valence-electron chi connectivity index (χ2n) is 4.07. The summed E-state index contributed by atoms with van der Waals surface area (Å²) < 4.78 is 6.69. The van der Waals surface area contributed by atoms with Crippen molar-refractivity contribution in [3.63, 3.8) is 0 Å². The fraction of sp³-hybridized carbons (Fsp3) is 0.692. The fourth-order valence-corrected chi connectivity index (χ4v) is 2.43. The van der Waals surface area contributed by atoms with Crippen molar-refractivity contribution in [1.29, 1.82) is 0 Å². The van der Waals surface area contributed by atoms with E-state index in [1.54, 1.807) is 0 Å². The maximum absolute atomic E-state index is 5.57. The molecule has 0 saturated heterocycles. The summed E-state index contributed by atoms with van der Waals surface area (Å²) in [5.74, 6) is 1.71. The first-order valence-corrected chi connectivity index (χ1v) is 7.63. The lowest BCUT2D eigenvalue weighted by atomic mass is 10.3. The SMILES string of the molecule is CCCNc1nc(C(C)OCC)nc(CC)c1I. The number of aromatic nitrogens is 2. The molecule has 0 fully saturated rings. The van der Waals surface area contributed by atoms with Crippen molar-refractivity contribution in [2.24, 2.45) is 0 Å². The number of nitrogens with one attached hydrogen (secondary N) is 1. The highest BCUT2D eigenvalue weighted by Crippen LogP contribution is 2.23. The maximum atomic E-state index is 5.57. The highest BCUT2D eigenvalue weighted by molar-refractivity contribution is 14.1. The van der Waals surface area contributed by atoms with Crippen LogP contribution in [-0.2, 0) is 11.2 Å². The average Bonchev–Trinajstić information content (AvgIpc) is 2.37. The Morgan fingerprint density at radius 2 is 2.00 bits per heavy atom. The highest BCUT2D eigenvalue weighted by Gasteiger charge is 2.15. The van der Waals surface area contributed by atoms with E-state index < -0.39 is 0 Å².